The highest BCUT2D eigenvalue weighted by Gasteiger charge is 2.74. The van der Waals surface area contributed by atoms with E-state index in [0.717, 1.165) is 47.1 Å². The fourth-order valence-electron chi connectivity index (χ4n) is 9.33. The van der Waals surface area contributed by atoms with Crippen molar-refractivity contribution < 1.29 is 52.2 Å². The quantitative estimate of drug-likeness (QED) is 0.0236. The van der Waals surface area contributed by atoms with Crippen molar-refractivity contribution in [1.29, 1.82) is 0 Å². The van der Waals surface area contributed by atoms with Crippen LogP contribution < -0.4 is 9.47 Å². The molecule has 0 aliphatic heterocycles. The number of hydrogen-bond acceptors (Lipinski definition) is 11. The summed E-state index contributed by atoms with van der Waals surface area (Å²) in [6, 6.07) is 26.9. The molecule has 2 bridgehead atoms. The molecule has 378 valence electrons. The van der Waals surface area contributed by atoms with E-state index in [1.54, 1.807) is 21.3 Å². The van der Waals surface area contributed by atoms with Gasteiger partial charge in [-0.1, -0.05) is 115 Å². The first kappa shape index (κ1) is 55.6. The van der Waals surface area contributed by atoms with Crippen molar-refractivity contribution in [3.05, 3.63) is 120 Å². The zero-order valence-corrected chi connectivity index (χ0v) is 45.6. The first-order valence-corrected chi connectivity index (χ1v) is 30.9. The van der Waals surface area contributed by atoms with Gasteiger partial charge in [0.25, 0.3) is 0 Å². The van der Waals surface area contributed by atoms with Gasteiger partial charge < -0.3 is 52.2 Å². The Labute approximate surface area is 410 Å². The summed E-state index contributed by atoms with van der Waals surface area (Å²) in [5, 5.41) is 13.8. The molecule has 3 aromatic rings. The summed E-state index contributed by atoms with van der Waals surface area (Å²) in [6.45, 7) is 25.2. The Kier molecular flexibility index (Phi) is 19.8. The molecule has 0 saturated heterocycles. The topological polar surface area (TPSA) is 113 Å². The molecular weight excluding hydrogens is 893 g/mol. The highest BCUT2D eigenvalue weighted by molar-refractivity contribution is 6.76. The number of hydrogen-bond donors (Lipinski definition) is 1. The van der Waals surface area contributed by atoms with Crippen LogP contribution in [0.5, 0.6) is 11.5 Å². The van der Waals surface area contributed by atoms with E-state index >= 15 is 0 Å². The summed E-state index contributed by atoms with van der Waals surface area (Å²) in [6.07, 6.45) is 8.09. The molecule has 0 aromatic heterocycles. The van der Waals surface area contributed by atoms with Crippen LogP contribution in [0.4, 0.5) is 0 Å². The largest absolute Gasteiger partial charge is 0.502 e. The zero-order valence-electron chi connectivity index (χ0n) is 43.6. The van der Waals surface area contributed by atoms with Crippen molar-refractivity contribution in [1.82, 2.24) is 0 Å². The predicted octanol–water partition coefficient (Wildman–Crippen LogP) is 11.4. The molecule has 13 heteroatoms. The molecule has 11 nitrogen and oxygen atoms in total. The van der Waals surface area contributed by atoms with E-state index in [2.05, 4.69) is 73.4 Å². The summed E-state index contributed by atoms with van der Waals surface area (Å²) < 4.78 is 63.5. The van der Waals surface area contributed by atoms with Crippen LogP contribution in [0.3, 0.4) is 0 Å². The van der Waals surface area contributed by atoms with E-state index in [-0.39, 0.29) is 50.8 Å². The number of benzene rings is 3. The first-order valence-electron chi connectivity index (χ1n) is 24.3. The van der Waals surface area contributed by atoms with E-state index in [0.29, 0.717) is 19.8 Å². The van der Waals surface area contributed by atoms with Crippen LogP contribution in [-0.4, -0.2) is 106 Å². The van der Waals surface area contributed by atoms with Crippen LogP contribution in [0.15, 0.2) is 103 Å². The van der Waals surface area contributed by atoms with Gasteiger partial charge in [-0.25, -0.2) is 0 Å². The highest BCUT2D eigenvalue weighted by atomic mass is 28.4. The molecule has 5 rings (SSSR count). The summed E-state index contributed by atoms with van der Waals surface area (Å²) in [4.78, 5) is 0. The van der Waals surface area contributed by atoms with Crippen molar-refractivity contribution in [2.45, 2.75) is 135 Å². The van der Waals surface area contributed by atoms with Crippen LogP contribution in [0.2, 0.25) is 43.8 Å². The molecule has 2 saturated carbocycles. The van der Waals surface area contributed by atoms with E-state index in [9.17, 15) is 5.11 Å². The summed E-state index contributed by atoms with van der Waals surface area (Å²) in [7, 11) is 1.25. The van der Waals surface area contributed by atoms with Crippen molar-refractivity contribution >= 4 is 16.4 Å². The highest BCUT2D eigenvalue weighted by Crippen LogP contribution is 2.71. The molecule has 0 heterocycles. The van der Waals surface area contributed by atoms with Crippen molar-refractivity contribution in [2.24, 2.45) is 16.7 Å². The lowest BCUT2D eigenvalue weighted by Gasteiger charge is -2.47. The third kappa shape index (κ3) is 13.7. The van der Waals surface area contributed by atoms with Gasteiger partial charge in [0.15, 0.2) is 8.32 Å². The fourth-order valence-corrected chi connectivity index (χ4v) is 11.1. The van der Waals surface area contributed by atoms with Gasteiger partial charge >= 0.3 is 0 Å². The van der Waals surface area contributed by atoms with Crippen molar-refractivity contribution in [3.8, 4) is 11.5 Å². The van der Waals surface area contributed by atoms with Gasteiger partial charge in [-0.05, 0) is 101 Å². The van der Waals surface area contributed by atoms with Crippen LogP contribution in [0, 0.1) is 16.7 Å². The van der Waals surface area contributed by atoms with Gasteiger partial charge in [0.2, 0.25) is 0 Å². The normalized spacial score (nSPS) is 23.0. The number of aliphatic hydroxyl groups is 1. The Balaban J connectivity index is 1.69. The maximum atomic E-state index is 13.8. The Hall–Kier alpha value is -3.35. The Morgan fingerprint density at radius 3 is 1.96 bits per heavy atom. The minimum absolute atomic E-state index is 0.00215. The zero-order chi connectivity index (χ0) is 49.7. The average Bonchev–Trinajstić information content (AvgIpc) is 3.64. The second-order valence-corrected chi connectivity index (χ2v) is 32.3. The maximum Gasteiger partial charge on any atom is 0.192 e. The summed E-state index contributed by atoms with van der Waals surface area (Å²) >= 11 is 0. The van der Waals surface area contributed by atoms with E-state index in [1.807, 2.05) is 97.3 Å². The Morgan fingerprint density at radius 2 is 1.37 bits per heavy atom. The van der Waals surface area contributed by atoms with Crippen LogP contribution in [0.1, 0.15) is 64.2 Å². The predicted molar refractivity (Wildman–Crippen MR) is 275 cm³/mol. The Morgan fingerprint density at radius 1 is 0.750 bits per heavy atom. The molecule has 3 aromatic carbocycles. The van der Waals surface area contributed by atoms with Crippen molar-refractivity contribution in [3.63, 3.8) is 0 Å². The monoisotopic (exact) mass is 977 g/mol. The number of fused-ring (bicyclic) bond motifs is 2. The van der Waals surface area contributed by atoms with Gasteiger partial charge in [-0.2, -0.15) is 0 Å². The lowest BCUT2D eigenvalue weighted by molar-refractivity contribution is -0.181. The maximum absolute atomic E-state index is 13.8. The van der Waals surface area contributed by atoms with Crippen LogP contribution in [-0.2, 0) is 57.4 Å². The van der Waals surface area contributed by atoms with Crippen molar-refractivity contribution in [2.75, 3.05) is 61.2 Å². The molecule has 0 amide bonds. The molecule has 2 fully saturated rings. The van der Waals surface area contributed by atoms with Gasteiger partial charge in [0.1, 0.15) is 35.6 Å². The standard InChI is InChI=1S/C55H84O11Si2/c1-51(2,3)68(12,13)66-40-49(63-38-45-21-25-47(59-8)26-22-45)53(65-39-43-17-15-14-16-18-43,41-62-37-44-19-23-46(58-7)24-20-44)29-30-55(56)50(64-42-61-34-33-57-6)48-27-28-54(55,52(48,4)5)31-32-60-35-36-67(9,10)11/h14-26,29-32,48-50,56H,27-28,33-42H2,1-13H3/b30-29-,32-31-/t48?,49-,50?,53+,54?,55?/m1/s1. The molecule has 0 spiro atoms. The third-order valence-electron chi connectivity index (χ3n) is 14.9. The van der Waals surface area contributed by atoms with E-state index in [1.165, 1.54) is 0 Å². The second kappa shape index (κ2) is 24.2. The smallest absolute Gasteiger partial charge is 0.192 e. The van der Waals surface area contributed by atoms with E-state index in [4.69, 9.17) is 47.1 Å². The molecule has 68 heavy (non-hydrogen) atoms. The summed E-state index contributed by atoms with van der Waals surface area (Å²) in [5.41, 5.74) is -1.17. The number of ether oxygens (including phenoxy) is 9. The van der Waals surface area contributed by atoms with Gasteiger partial charge in [-0.15, -0.1) is 0 Å². The molecular formula is C55H84O11Si2. The average molecular weight is 977 g/mol. The lowest BCUT2D eigenvalue weighted by atomic mass is 9.62. The number of rotatable bonds is 29. The second-order valence-electron chi connectivity index (χ2n) is 21.9. The third-order valence-corrected chi connectivity index (χ3v) is 21.1. The van der Waals surface area contributed by atoms with Gasteiger partial charge in [0, 0.05) is 20.6 Å². The molecule has 1 N–H and O–H groups in total. The molecule has 6 atom stereocenters. The first-order chi connectivity index (χ1) is 32.2. The minimum atomic E-state index is -2.36. The SMILES string of the molecule is COCCOCOC1C2CCC(/C=C\OCC[Si](C)(C)C)(C2(C)C)C1(O)/C=C\[C@@](COCc1ccc(OC)cc1)(OCc1ccccc1)[C@@H](CO[Si](C)(C)C(C)(C)C)OCc1ccc(OC)cc1. The van der Waals surface area contributed by atoms with Gasteiger partial charge in [0.05, 0.1) is 79.4 Å². The molecule has 4 unspecified atom stereocenters. The molecule has 0 radical (unpaired) electrons. The van der Waals surface area contributed by atoms with E-state index < -0.39 is 50.6 Å². The summed E-state index contributed by atoms with van der Waals surface area (Å²) in [5.74, 6) is 1.51. The Bertz CT molecular complexity index is 2010. The number of methoxy groups -OCH3 is 3. The minimum Gasteiger partial charge on any atom is -0.502 e. The van der Waals surface area contributed by atoms with Gasteiger partial charge in [-0.3, -0.25) is 0 Å². The molecule has 2 aliphatic carbocycles. The molecule has 2 aliphatic rings. The lowest BCUT2D eigenvalue weighted by Crippen LogP contribution is -2.56. The fraction of sp³-hybridized carbons (Fsp3) is 0.600. The van der Waals surface area contributed by atoms with Crippen LogP contribution >= 0.6 is 0 Å². The van der Waals surface area contributed by atoms with Crippen LogP contribution in [0.25, 0.3) is 0 Å².